The molecule has 3 amide bonds. The fraction of sp³-hybridized carbons (Fsp3) is 0.0625. The maximum absolute atomic E-state index is 12.5. The average molecular weight is 513 g/mol. The van der Waals surface area contributed by atoms with Crippen molar-refractivity contribution in [2.75, 3.05) is 6.61 Å². The third-order valence-electron chi connectivity index (χ3n) is 3.53. The first-order valence-electron chi connectivity index (χ1n) is 7.15. The van der Waals surface area contributed by atoms with E-state index in [2.05, 4.69) is 21.4 Å². The van der Waals surface area contributed by atoms with Crippen molar-refractivity contribution in [1.82, 2.24) is 10.4 Å². The lowest BCUT2D eigenvalue weighted by molar-refractivity contribution is -0.126. The van der Waals surface area contributed by atoms with E-state index in [4.69, 9.17) is 51.1 Å². The van der Waals surface area contributed by atoms with Crippen molar-refractivity contribution in [1.29, 1.82) is 0 Å². The van der Waals surface area contributed by atoms with E-state index in [0.29, 0.717) is 15.2 Å². The Balaban J connectivity index is 1.79. The van der Waals surface area contributed by atoms with Crippen LogP contribution in [0.2, 0.25) is 20.1 Å². The molecule has 0 saturated heterocycles. The van der Waals surface area contributed by atoms with E-state index in [1.54, 1.807) is 24.3 Å². The molecule has 2 aromatic rings. The first-order valence-corrected chi connectivity index (χ1v) is 9.46. The molecular formula is C16H7BrCl4N2O4. The van der Waals surface area contributed by atoms with Crippen LogP contribution < -0.4 is 10.2 Å². The van der Waals surface area contributed by atoms with E-state index in [-0.39, 0.29) is 31.2 Å². The molecule has 0 atom stereocenters. The van der Waals surface area contributed by atoms with Gasteiger partial charge in [-0.1, -0.05) is 58.5 Å². The molecule has 0 unspecified atom stereocenters. The highest BCUT2D eigenvalue weighted by atomic mass is 79.9. The minimum absolute atomic E-state index is 0.159. The van der Waals surface area contributed by atoms with Crippen LogP contribution in [-0.2, 0) is 4.79 Å². The monoisotopic (exact) mass is 510 g/mol. The summed E-state index contributed by atoms with van der Waals surface area (Å²) in [7, 11) is 0. The summed E-state index contributed by atoms with van der Waals surface area (Å²) in [6, 6.07) is 6.87. The molecule has 3 rings (SSSR count). The number of hydrogen-bond donors (Lipinski definition) is 1. The normalized spacial score (nSPS) is 13.0. The number of rotatable bonds is 4. The molecule has 1 N–H and O–H groups in total. The zero-order valence-electron chi connectivity index (χ0n) is 13.0. The Kier molecular flexibility index (Phi) is 5.88. The Morgan fingerprint density at radius 2 is 1.48 bits per heavy atom. The van der Waals surface area contributed by atoms with Gasteiger partial charge in [-0.05, 0) is 28.1 Å². The molecule has 1 heterocycles. The van der Waals surface area contributed by atoms with Gasteiger partial charge in [0.05, 0.1) is 35.7 Å². The van der Waals surface area contributed by atoms with Gasteiger partial charge < -0.3 is 4.74 Å². The van der Waals surface area contributed by atoms with Crippen LogP contribution >= 0.6 is 62.3 Å². The lowest BCUT2D eigenvalue weighted by Gasteiger charge is -2.15. The third kappa shape index (κ3) is 3.62. The molecule has 27 heavy (non-hydrogen) atoms. The van der Waals surface area contributed by atoms with Gasteiger partial charge >= 0.3 is 0 Å². The number of imide groups is 1. The molecule has 2 aromatic carbocycles. The van der Waals surface area contributed by atoms with Crippen LogP contribution in [-0.4, -0.2) is 29.3 Å². The molecular weight excluding hydrogens is 506 g/mol. The first kappa shape index (κ1) is 20.2. The van der Waals surface area contributed by atoms with Gasteiger partial charge in [0, 0.05) is 0 Å². The lowest BCUT2D eigenvalue weighted by Crippen LogP contribution is -2.47. The Morgan fingerprint density at radius 1 is 0.963 bits per heavy atom. The van der Waals surface area contributed by atoms with Gasteiger partial charge in [-0.15, -0.1) is 0 Å². The maximum atomic E-state index is 12.5. The second kappa shape index (κ2) is 7.85. The van der Waals surface area contributed by atoms with Crippen molar-refractivity contribution in [2.45, 2.75) is 0 Å². The second-order valence-corrected chi connectivity index (χ2v) is 7.57. The summed E-state index contributed by atoms with van der Waals surface area (Å²) in [6.45, 7) is -0.445. The summed E-state index contributed by atoms with van der Waals surface area (Å²) >= 11 is 27.2. The molecule has 0 saturated carbocycles. The topological polar surface area (TPSA) is 75.7 Å². The molecule has 0 aromatic heterocycles. The highest BCUT2D eigenvalue weighted by Gasteiger charge is 2.42. The Hall–Kier alpha value is -1.51. The van der Waals surface area contributed by atoms with Crippen molar-refractivity contribution in [3.05, 3.63) is 60.0 Å². The minimum Gasteiger partial charge on any atom is -0.483 e. The molecule has 11 heteroatoms. The van der Waals surface area contributed by atoms with Gasteiger partial charge in [0.25, 0.3) is 17.7 Å². The fourth-order valence-corrected chi connectivity index (χ4v) is 3.73. The third-order valence-corrected chi connectivity index (χ3v) is 5.99. The number of halogens is 5. The SMILES string of the molecule is O=C(COc1ccccc1Br)NN1C(=O)c2c(Cl)c(Cl)c(Cl)c(Cl)c2C1=O. The van der Waals surface area contributed by atoms with Gasteiger partial charge in [-0.25, -0.2) is 0 Å². The summed E-state index contributed by atoms with van der Waals surface area (Å²) in [4.78, 5) is 37.1. The molecule has 1 aliphatic rings. The number of para-hydroxylation sites is 1. The number of amides is 3. The number of hydrazine groups is 1. The molecule has 140 valence electrons. The predicted molar refractivity (Wildman–Crippen MR) is 105 cm³/mol. The van der Waals surface area contributed by atoms with E-state index in [1.807, 2.05) is 0 Å². The van der Waals surface area contributed by atoms with Crippen LogP contribution in [0, 0.1) is 0 Å². The van der Waals surface area contributed by atoms with Gasteiger partial charge in [0.1, 0.15) is 5.75 Å². The molecule has 0 radical (unpaired) electrons. The van der Waals surface area contributed by atoms with E-state index in [1.165, 1.54) is 0 Å². The van der Waals surface area contributed by atoms with Crippen LogP contribution in [0.4, 0.5) is 0 Å². The summed E-state index contributed by atoms with van der Waals surface area (Å²) in [6.07, 6.45) is 0. The fourth-order valence-electron chi connectivity index (χ4n) is 2.31. The van der Waals surface area contributed by atoms with Crippen LogP contribution in [0.25, 0.3) is 0 Å². The number of carbonyl (C=O) groups excluding carboxylic acids is 3. The smallest absolute Gasteiger partial charge is 0.282 e. The van der Waals surface area contributed by atoms with Crippen LogP contribution in [0.1, 0.15) is 20.7 Å². The zero-order chi connectivity index (χ0) is 19.9. The minimum atomic E-state index is -0.880. The number of nitrogens with zero attached hydrogens (tertiary/aromatic N) is 1. The Bertz CT molecular complexity index is 952. The standard InChI is InChI=1S/C16H7BrCl4N2O4/c17-6-3-1-2-4-7(6)27-5-8(24)22-23-15(25)9-10(16(23)26)12(19)14(21)13(20)11(9)18/h1-4H,5H2,(H,22,24). The Labute approximate surface area is 181 Å². The number of benzene rings is 2. The molecule has 0 fully saturated rings. The Morgan fingerprint density at radius 3 is 2.00 bits per heavy atom. The number of carbonyl (C=O) groups is 3. The summed E-state index contributed by atoms with van der Waals surface area (Å²) < 4.78 is 5.98. The number of ether oxygens (including phenoxy) is 1. The van der Waals surface area contributed by atoms with Crippen molar-refractivity contribution >= 4 is 80.1 Å². The van der Waals surface area contributed by atoms with Crippen LogP contribution in [0.3, 0.4) is 0 Å². The van der Waals surface area contributed by atoms with Crippen LogP contribution in [0.15, 0.2) is 28.7 Å². The highest BCUT2D eigenvalue weighted by Crippen LogP contribution is 2.44. The average Bonchev–Trinajstić information content (AvgIpc) is 2.89. The summed E-state index contributed by atoms with van der Waals surface area (Å²) in [5.74, 6) is -2.09. The van der Waals surface area contributed by atoms with Gasteiger partial charge in [-0.2, -0.15) is 5.01 Å². The highest BCUT2D eigenvalue weighted by molar-refractivity contribution is 9.10. The molecule has 1 aliphatic heterocycles. The summed E-state index contributed by atoms with van der Waals surface area (Å²) in [5, 5.41) is -0.274. The van der Waals surface area contributed by atoms with E-state index in [0.717, 1.165) is 0 Å². The van der Waals surface area contributed by atoms with Gasteiger partial charge in [0.15, 0.2) is 6.61 Å². The van der Waals surface area contributed by atoms with E-state index >= 15 is 0 Å². The molecule has 0 spiro atoms. The molecule has 0 bridgehead atoms. The zero-order valence-corrected chi connectivity index (χ0v) is 17.6. The maximum Gasteiger partial charge on any atom is 0.282 e. The van der Waals surface area contributed by atoms with Gasteiger partial charge in [0.2, 0.25) is 0 Å². The summed E-state index contributed by atoms with van der Waals surface area (Å²) in [5.41, 5.74) is 1.70. The number of nitrogens with one attached hydrogen (secondary N) is 1. The van der Waals surface area contributed by atoms with E-state index in [9.17, 15) is 14.4 Å². The van der Waals surface area contributed by atoms with Crippen molar-refractivity contribution < 1.29 is 19.1 Å². The van der Waals surface area contributed by atoms with Gasteiger partial charge in [-0.3, -0.25) is 19.8 Å². The predicted octanol–water partition coefficient (Wildman–Crippen LogP) is 4.77. The number of fused-ring (bicyclic) bond motifs is 1. The first-order chi connectivity index (χ1) is 12.7. The van der Waals surface area contributed by atoms with Crippen molar-refractivity contribution in [2.24, 2.45) is 0 Å². The van der Waals surface area contributed by atoms with Crippen LogP contribution in [0.5, 0.6) is 5.75 Å². The number of hydrogen-bond acceptors (Lipinski definition) is 4. The second-order valence-electron chi connectivity index (χ2n) is 5.21. The quantitative estimate of drug-likeness (QED) is 0.364. The largest absolute Gasteiger partial charge is 0.483 e. The van der Waals surface area contributed by atoms with E-state index < -0.39 is 24.3 Å². The van der Waals surface area contributed by atoms with Crippen molar-refractivity contribution in [3.8, 4) is 5.75 Å². The van der Waals surface area contributed by atoms with Crippen molar-refractivity contribution in [3.63, 3.8) is 0 Å². The molecule has 6 nitrogen and oxygen atoms in total. The molecule has 0 aliphatic carbocycles. The lowest BCUT2D eigenvalue weighted by atomic mass is 10.1.